The smallest absolute Gasteiger partial charge is 0.237 e. The molecule has 0 spiro atoms. The van der Waals surface area contributed by atoms with Gasteiger partial charge in [0.15, 0.2) is 0 Å². The lowest BCUT2D eigenvalue weighted by Gasteiger charge is -2.32. The molecule has 3 nitrogen and oxygen atoms in total. The minimum atomic E-state index is -0.731. The Morgan fingerprint density at radius 2 is 1.85 bits per heavy atom. The van der Waals surface area contributed by atoms with Crippen LogP contribution in [0.15, 0.2) is 18.2 Å². The van der Waals surface area contributed by atoms with Crippen molar-refractivity contribution in [3.8, 4) is 0 Å². The molecule has 1 saturated heterocycles. The van der Waals surface area contributed by atoms with Crippen LogP contribution in [0.1, 0.15) is 26.7 Å². The van der Waals surface area contributed by atoms with E-state index in [2.05, 4.69) is 0 Å². The Bertz CT molecular complexity index is 522. The monoisotopic (exact) mass is 281 g/mol. The first kappa shape index (κ1) is 14.6. The molecule has 0 bridgehead atoms. The van der Waals surface area contributed by atoms with Crippen LogP contribution in [0, 0.1) is 23.5 Å². The number of amides is 1. The molecule has 1 aromatic rings. The van der Waals surface area contributed by atoms with E-state index in [1.165, 1.54) is 4.90 Å². The quantitative estimate of drug-likeness (QED) is 0.799. The number of hydrogen-bond acceptors (Lipinski definition) is 2. The number of benzene rings is 1. The van der Waals surface area contributed by atoms with E-state index >= 15 is 0 Å². The van der Waals surface area contributed by atoms with Crippen molar-refractivity contribution < 1.29 is 18.4 Å². The summed E-state index contributed by atoms with van der Waals surface area (Å²) in [5.41, 5.74) is 0.175. The van der Waals surface area contributed by atoms with Gasteiger partial charge in [0.1, 0.15) is 17.4 Å². The molecule has 1 unspecified atom stereocenters. The van der Waals surface area contributed by atoms with Gasteiger partial charge in [-0.25, -0.2) is 8.78 Å². The zero-order valence-electron chi connectivity index (χ0n) is 11.5. The zero-order valence-corrected chi connectivity index (χ0v) is 11.5. The van der Waals surface area contributed by atoms with Crippen molar-refractivity contribution in [3.63, 3.8) is 0 Å². The Labute approximate surface area is 116 Å². The van der Waals surface area contributed by atoms with Crippen LogP contribution in [0.4, 0.5) is 14.5 Å². The van der Waals surface area contributed by atoms with Crippen LogP contribution in [-0.4, -0.2) is 18.2 Å². The Balaban J connectivity index is 2.28. The number of rotatable bonds is 3. The Morgan fingerprint density at radius 3 is 2.40 bits per heavy atom. The fraction of sp³-hybridized carbons (Fsp3) is 0.467. The maximum absolute atomic E-state index is 13.2. The highest BCUT2D eigenvalue weighted by molar-refractivity contribution is 6.09. The van der Waals surface area contributed by atoms with Crippen molar-refractivity contribution in [1.82, 2.24) is 0 Å². The van der Waals surface area contributed by atoms with Crippen molar-refractivity contribution in [1.29, 1.82) is 0 Å². The fourth-order valence-corrected chi connectivity index (χ4v) is 2.49. The Morgan fingerprint density at radius 1 is 1.25 bits per heavy atom. The topological polar surface area (TPSA) is 37.4 Å². The second kappa shape index (κ2) is 5.69. The first-order valence-corrected chi connectivity index (χ1v) is 6.71. The highest BCUT2D eigenvalue weighted by atomic mass is 19.1. The lowest BCUT2D eigenvalue weighted by molar-refractivity contribution is -0.135. The van der Waals surface area contributed by atoms with E-state index in [-0.39, 0.29) is 23.3 Å². The number of anilines is 1. The van der Waals surface area contributed by atoms with Crippen molar-refractivity contribution >= 4 is 17.4 Å². The molecular weight excluding hydrogens is 264 g/mol. The molecule has 1 aliphatic rings. The molecule has 1 amide bonds. The molecule has 0 N–H and O–H groups in total. The van der Waals surface area contributed by atoms with E-state index in [1.54, 1.807) is 13.8 Å². The molecule has 2 rings (SSSR count). The molecule has 1 aromatic carbocycles. The molecule has 1 heterocycles. The van der Waals surface area contributed by atoms with E-state index in [4.69, 9.17) is 0 Å². The minimum Gasteiger partial charge on any atom is -0.312 e. The summed E-state index contributed by atoms with van der Waals surface area (Å²) in [4.78, 5) is 25.7. The zero-order chi connectivity index (χ0) is 14.9. The van der Waals surface area contributed by atoms with E-state index < -0.39 is 17.6 Å². The molecule has 0 saturated carbocycles. The number of carbonyl (C=O) groups is 2. The summed E-state index contributed by atoms with van der Waals surface area (Å²) in [6, 6.07) is 2.99. The third-order valence-corrected chi connectivity index (χ3v) is 3.51. The summed E-state index contributed by atoms with van der Waals surface area (Å²) < 4.78 is 26.5. The molecule has 1 aliphatic heterocycles. The SMILES string of the molecule is CC(C)C(=O)C1CCCN(c2cc(F)cc(F)c2)C1=O. The maximum atomic E-state index is 13.2. The van der Waals surface area contributed by atoms with Crippen LogP contribution in [0.5, 0.6) is 0 Å². The Hall–Kier alpha value is -1.78. The van der Waals surface area contributed by atoms with Crippen LogP contribution in [-0.2, 0) is 9.59 Å². The predicted molar refractivity (Wildman–Crippen MR) is 71.3 cm³/mol. The molecular formula is C15H17F2NO2. The van der Waals surface area contributed by atoms with Gasteiger partial charge < -0.3 is 4.90 Å². The van der Waals surface area contributed by atoms with Gasteiger partial charge in [-0.2, -0.15) is 0 Å². The molecule has 0 radical (unpaired) electrons. The number of nitrogens with zero attached hydrogens (tertiary/aromatic N) is 1. The summed E-state index contributed by atoms with van der Waals surface area (Å²) >= 11 is 0. The average Bonchev–Trinajstić information content (AvgIpc) is 2.36. The van der Waals surface area contributed by atoms with E-state index in [0.29, 0.717) is 19.4 Å². The van der Waals surface area contributed by atoms with Gasteiger partial charge in [-0.05, 0) is 25.0 Å². The lowest BCUT2D eigenvalue weighted by atomic mass is 9.87. The minimum absolute atomic E-state index is 0.114. The van der Waals surface area contributed by atoms with Gasteiger partial charge in [-0.15, -0.1) is 0 Å². The van der Waals surface area contributed by atoms with E-state index in [9.17, 15) is 18.4 Å². The van der Waals surface area contributed by atoms with Crippen LogP contribution in [0.25, 0.3) is 0 Å². The maximum Gasteiger partial charge on any atom is 0.237 e. The normalized spacial score (nSPS) is 19.6. The third-order valence-electron chi connectivity index (χ3n) is 3.51. The molecule has 20 heavy (non-hydrogen) atoms. The number of piperidine rings is 1. The summed E-state index contributed by atoms with van der Waals surface area (Å²) in [6.07, 6.45) is 1.15. The lowest BCUT2D eigenvalue weighted by Crippen LogP contribution is -2.45. The average molecular weight is 281 g/mol. The van der Waals surface area contributed by atoms with Crippen molar-refractivity contribution in [2.45, 2.75) is 26.7 Å². The predicted octanol–water partition coefficient (Wildman–Crippen LogP) is 2.93. The summed E-state index contributed by atoms with van der Waals surface area (Å²) in [6.45, 7) is 3.87. The summed E-state index contributed by atoms with van der Waals surface area (Å²) in [5, 5.41) is 0. The number of carbonyl (C=O) groups excluding carboxylic acids is 2. The Kier molecular flexibility index (Phi) is 4.16. The van der Waals surface area contributed by atoms with Crippen molar-refractivity contribution in [2.24, 2.45) is 11.8 Å². The van der Waals surface area contributed by atoms with Gasteiger partial charge >= 0.3 is 0 Å². The van der Waals surface area contributed by atoms with Gasteiger partial charge in [0.05, 0.1) is 5.92 Å². The van der Waals surface area contributed by atoms with Gasteiger partial charge in [-0.3, -0.25) is 9.59 Å². The largest absolute Gasteiger partial charge is 0.312 e. The standard InChI is InChI=1S/C15H17F2NO2/c1-9(2)14(19)13-4-3-5-18(15(13)20)12-7-10(16)6-11(17)8-12/h6-9,13H,3-5H2,1-2H3. The second-order valence-corrected chi connectivity index (χ2v) is 5.37. The number of Topliss-reactive ketones (excluding diaryl/α,β-unsaturated/α-hetero) is 1. The highest BCUT2D eigenvalue weighted by Crippen LogP contribution is 2.27. The molecule has 1 fully saturated rings. The first-order valence-electron chi connectivity index (χ1n) is 6.71. The number of hydrogen-bond donors (Lipinski definition) is 0. The molecule has 0 aliphatic carbocycles. The first-order chi connectivity index (χ1) is 9.40. The van der Waals surface area contributed by atoms with Gasteiger partial charge in [0.25, 0.3) is 0 Å². The van der Waals surface area contributed by atoms with Gasteiger partial charge in [0, 0.05) is 24.2 Å². The number of ketones is 1. The summed E-state index contributed by atoms with van der Waals surface area (Å²) in [5.74, 6) is -2.87. The number of halogens is 2. The summed E-state index contributed by atoms with van der Waals surface area (Å²) in [7, 11) is 0. The van der Waals surface area contributed by atoms with Gasteiger partial charge in [-0.1, -0.05) is 13.8 Å². The molecule has 108 valence electrons. The highest BCUT2D eigenvalue weighted by Gasteiger charge is 2.35. The third kappa shape index (κ3) is 2.86. The molecule has 5 heteroatoms. The van der Waals surface area contributed by atoms with Crippen LogP contribution in [0.2, 0.25) is 0 Å². The van der Waals surface area contributed by atoms with Crippen molar-refractivity contribution in [3.05, 3.63) is 29.8 Å². The van der Waals surface area contributed by atoms with Crippen molar-refractivity contribution in [2.75, 3.05) is 11.4 Å². The van der Waals surface area contributed by atoms with Crippen LogP contribution >= 0.6 is 0 Å². The molecule has 1 atom stereocenters. The van der Waals surface area contributed by atoms with Gasteiger partial charge in [0.2, 0.25) is 5.91 Å². The second-order valence-electron chi connectivity index (χ2n) is 5.37. The van der Waals surface area contributed by atoms with E-state index in [0.717, 1.165) is 18.2 Å². The van der Waals surface area contributed by atoms with Crippen LogP contribution in [0.3, 0.4) is 0 Å². The van der Waals surface area contributed by atoms with E-state index in [1.807, 2.05) is 0 Å². The molecule has 0 aromatic heterocycles. The van der Waals surface area contributed by atoms with Crippen LogP contribution < -0.4 is 4.90 Å². The fourth-order valence-electron chi connectivity index (χ4n) is 2.49.